The van der Waals surface area contributed by atoms with Gasteiger partial charge in [0.05, 0.1) is 11.4 Å². The molecule has 1 aliphatic rings. The molecule has 1 aliphatic heterocycles. The molecular weight excluding hydrogens is 260 g/mol. The van der Waals surface area contributed by atoms with Gasteiger partial charge in [-0.2, -0.15) is 5.10 Å². The van der Waals surface area contributed by atoms with Gasteiger partial charge in [0.15, 0.2) is 0 Å². The van der Waals surface area contributed by atoms with E-state index in [0.717, 1.165) is 0 Å². The minimum Gasteiger partial charge on any atom is -0.479 e. The minimum atomic E-state index is -1.08. The third-order valence-corrected chi connectivity index (χ3v) is 3.97. The van der Waals surface area contributed by atoms with E-state index in [0.29, 0.717) is 37.2 Å². The second kappa shape index (κ2) is 5.15. The number of likely N-dealkylation sites (tertiary alicyclic amines) is 1. The number of nitrogens with zero attached hydrogens (tertiary/aromatic N) is 3. The van der Waals surface area contributed by atoms with Gasteiger partial charge in [-0.15, -0.1) is 0 Å². The van der Waals surface area contributed by atoms with Crippen LogP contribution >= 0.6 is 0 Å². The molecule has 110 valence electrons. The van der Waals surface area contributed by atoms with Crippen LogP contribution in [0.3, 0.4) is 0 Å². The molecule has 0 aromatic carbocycles. The average Bonchev–Trinajstić information content (AvgIpc) is 2.94. The van der Waals surface area contributed by atoms with E-state index >= 15 is 0 Å². The number of amides is 2. The highest BCUT2D eigenvalue weighted by atomic mass is 16.4. The number of carboxylic acids is 1. The lowest BCUT2D eigenvalue weighted by Gasteiger charge is -2.33. The summed E-state index contributed by atoms with van der Waals surface area (Å²) < 4.78 is 1.61. The first kappa shape index (κ1) is 14.4. The molecule has 2 amide bonds. The van der Waals surface area contributed by atoms with Gasteiger partial charge in [-0.25, -0.2) is 9.59 Å². The first-order valence-corrected chi connectivity index (χ1v) is 6.73. The van der Waals surface area contributed by atoms with Gasteiger partial charge in [-0.3, -0.25) is 4.68 Å². The standard InChI is InChI=1S/C13H20N4O3/c1-4-13(11(18)19)6-5-7-17(13)12(20)14-10-8-16(3)15-9(10)2/h8H,4-7H2,1-3H3,(H,14,20)(H,18,19). The molecule has 2 rings (SSSR count). The van der Waals surface area contributed by atoms with E-state index in [9.17, 15) is 14.7 Å². The third-order valence-electron chi connectivity index (χ3n) is 3.97. The Labute approximate surface area is 117 Å². The molecule has 1 unspecified atom stereocenters. The summed E-state index contributed by atoms with van der Waals surface area (Å²) in [5, 5.41) is 16.4. The summed E-state index contributed by atoms with van der Waals surface area (Å²) in [6.45, 7) is 4.06. The van der Waals surface area contributed by atoms with Crippen molar-refractivity contribution in [1.82, 2.24) is 14.7 Å². The number of carboxylic acid groups (broad SMARTS) is 1. The van der Waals surface area contributed by atoms with Crippen molar-refractivity contribution in [2.24, 2.45) is 7.05 Å². The highest BCUT2D eigenvalue weighted by Gasteiger charge is 2.48. The predicted molar refractivity (Wildman–Crippen MR) is 73.6 cm³/mol. The van der Waals surface area contributed by atoms with Crippen molar-refractivity contribution < 1.29 is 14.7 Å². The Morgan fingerprint density at radius 3 is 2.75 bits per heavy atom. The molecule has 1 fully saturated rings. The summed E-state index contributed by atoms with van der Waals surface area (Å²) in [5.41, 5.74) is 0.234. The first-order valence-electron chi connectivity index (χ1n) is 6.73. The number of hydrogen-bond donors (Lipinski definition) is 2. The normalized spacial score (nSPS) is 22.1. The van der Waals surface area contributed by atoms with E-state index in [1.807, 2.05) is 0 Å². The Bertz CT molecular complexity index is 540. The smallest absolute Gasteiger partial charge is 0.329 e. The van der Waals surface area contributed by atoms with Gasteiger partial charge < -0.3 is 15.3 Å². The number of rotatable bonds is 3. The van der Waals surface area contributed by atoms with Gasteiger partial charge in [0.2, 0.25) is 0 Å². The van der Waals surface area contributed by atoms with Crippen LogP contribution in [0.15, 0.2) is 6.20 Å². The van der Waals surface area contributed by atoms with Crippen LogP contribution in [0, 0.1) is 6.92 Å². The molecule has 1 aromatic rings. The molecule has 2 N–H and O–H groups in total. The quantitative estimate of drug-likeness (QED) is 0.880. The maximum atomic E-state index is 12.4. The fourth-order valence-corrected chi connectivity index (χ4v) is 2.82. The fourth-order valence-electron chi connectivity index (χ4n) is 2.82. The number of carbonyl (C=O) groups excluding carboxylic acids is 1. The van der Waals surface area contributed by atoms with E-state index in [1.54, 1.807) is 31.8 Å². The van der Waals surface area contributed by atoms with Crippen molar-refractivity contribution in [3.8, 4) is 0 Å². The predicted octanol–water partition coefficient (Wildman–Crippen LogP) is 1.59. The van der Waals surface area contributed by atoms with Crippen molar-refractivity contribution in [2.45, 2.75) is 38.6 Å². The Kier molecular flexibility index (Phi) is 3.69. The zero-order chi connectivity index (χ0) is 14.9. The largest absolute Gasteiger partial charge is 0.479 e. The topological polar surface area (TPSA) is 87.5 Å². The van der Waals surface area contributed by atoms with Crippen LogP contribution in [0.5, 0.6) is 0 Å². The van der Waals surface area contributed by atoms with Crippen molar-refractivity contribution in [3.63, 3.8) is 0 Å². The van der Waals surface area contributed by atoms with E-state index in [4.69, 9.17) is 0 Å². The number of aryl methyl sites for hydroxylation is 2. The summed E-state index contributed by atoms with van der Waals surface area (Å²) in [6.07, 6.45) is 3.32. The molecule has 1 aromatic heterocycles. The highest BCUT2D eigenvalue weighted by molar-refractivity contribution is 5.94. The Balaban J connectivity index is 2.20. The Hall–Kier alpha value is -2.05. The molecule has 1 atom stereocenters. The van der Waals surface area contributed by atoms with Crippen LogP contribution < -0.4 is 5.32 Å². The molecule has 1 saturated heterocycles. The third kappa shape index (κ3) is 2.23. The van der Waals surface area contributed by atoms with Gasteiger partial charge in [0.25, 0.3) is 0 Å². The lowest BCUT2D eigenvalue weighted by molar-refractivity contribution is -0.148. The lowest BCUT2D eigenvalue weighted by Crippen LogP contribution is -2.54. The van der Waals surface area contributed by atoms with E-state index in [1.165, 1.54) is 4.90 Å². The van der Waals surface area contributed by atoms with Gasteiger partial charge in [-0.1, -0.05) is 6.92 Å². The zero-order valence-corrected chi connectivity index (χ0v) is 12.0. The Morgan fingerprint density at radius 1 is 1.55 bits per heavy atom. The van der Waals surface area contributed by atoms with Crippen molar-refractivity contribution in [1.29, 1.82) is 0 Å². The molecule has 7 heteroatoms. The molecule has 2 heterocycles. The zero-order valence-electron chi connectivity index (χ0n) is 12.0. The van der Waals surface area contributed by atoms with Crippen molar-refractivity contribution >= 4 is 17.7 Å². The van der Waals surface area contributed by atoms with Crippen molar-refractivity contribution in [3.05, 3.63) is 11.9 Å². The maximum Gasteiger partial charge on any atom is 0.329 e. The Morgan fingerprint density at radius 2 is 2.25 bits per heavy atom. The summed E-state index contributed by atoms with van der Waals surface area (Å²) in [5.74, 6) is -0.935. The van der Waals surface area contributed by atoms with E-state index in [-0.39, 0.29) is 6.03 Å². The summed E-state index contributed by atoms with van der Waals surface area (Å²) in [7, 11) is 1.77. The number of urea groups is 1. The number of aliphatic carboxylic acids is 1. The maximum absolute atomic E-state index is 12.4. The number of carbonyl (C=O) groups is 2. The summed E-state index contributed by atoms with van der Waals surface area (Å²) >= 11 is 0. The van der Waals surface area contributed by atoms with Crippen LogP contribution in [0.1, 0.15) is 31.9 Å². The number of anilines is 1. The molecule has 0 spiro atoms. The van der Waals surface area contributed by atoms with Crippen LogP contribution in [0.4, 0.5) is 10.5 Å². The molecule has 20 heavy (non-hydrogen) atoms. The lowest BCUT2D eigenvalue weighted by atomic mass is 9.93. The molecule has 0 saturated carbocycles. The van der Waals surface area contributed by atoms with Gasteiger partial charge in [0, 0.05) is 19.8 Å². The van der Waals surface area contributed by atoms with Crippen molar-refractivity contribution in [2.75, 3.05) is 11.9 Å². The highest BCUT2D eigenvalue weighted by Crippen LogP contribution is 2.33. The molecule has 7 nitrogen and oxygen atoms in total. The number of nitrogens with one attached hydrogen (secondary N) is 1. The molecule has 0 bridgehead atoms. The van der Waals surface area contributed by atoms with Crippen LogP contribution in [-0.4, -0.2) is 43.9 Å². The van der Waals surface area contributed by atoms with E-state index < -0.39 is 11.5 Å². The summed E-state index contributed by atoms with van der Waals surface area (Å²) in [4.78, 5) is 25.4. The van der Waals surface area contributed by atoms with Crippen LogP contribution in [0.25, 0.3) is 0 Å². The second-order valence-corrected chi connectivity index (χ2v) is 5.18. The number of hydrogen-bond acceptors (Lipinski definition) is 3. The van der Waals surface area contributed by atoms with Crippen LogP contribution in [0.2, 0.25) is 0 Å². The second-order valence-electron chi connectivity index (χ2n) is 5.18. The SMILES string of the molecule is CCC1(C(=O)O)CCCN1C(=O)Nc1cn(C)nc1C. The van der Waals surface area contributed by atoms with Gasteiger partial charge >= 0.3 is 12.0 Å². The number of aromatic nitrogens is 2. The van der Waals surface area contributed by atoms with Gasteiger partial charge in [0.1, 0.15) is 5.54 Å². The average molecular weight is 280 g/mol. The minimum absolute atomic E-state index is 0.372. The summed E-state index contributed by atoms with van der Waals surface area (Å²) in [6, 6.07) is -0.372. The molecular formula is C13H20N4O3. The molecule has 0 aliphatic carbocycles. The molecule has 0 radical (unpaired) electrons. The fraction of sp³-hybridized carbons (Fsp3) is 0.615. The van der Waals surface area contributed by atoms with Crippen LogP contribution in [-0.2, 0) is 11.8 Å². The van der Waals surface area contributed by atoms with Gasteiger partial charge in [-0.05, 0) is 26.2 Å². The first-order chi connectivity index (χ1) is 9.40. The monoisotopic (exact) mass is 280 g/mol. The van der Waals surface area contributed by atoms with E-state index in [2.05, 4.69) is 10.4 Å².